The number of anilines is 3. The largest absolute Gasteiger partial charge is 0.355 e. The van der Waals surface area contributed by atoms with E-state index in [0.717, 1.165) is 22.6 Å². The minimum absolute atomic E-state index is 1.12. The average molecular weight is 563 g/mol. The SMILES string of the molecule is c1ccc(-c2ccccc2-c2ccc(N(c3ccccc3)c3ccc(-c4ccc5[nH]c6ccccc6c5c4)cc3)cc2)cc1. The molecule has 0 aliphatic rings. The maximum absolute atomic E-state index is 3.54. The molecule has 0 atom stereocenters. The van der Waals surface area contributed by atoms with Gasteiger partial charge in [0.2, 0.25) is 0 Å². The van der Waals surface area contributed by atoms with E-state index < -0.39 is 0 Å². The molecule has 2 nitrogen and oxygen atoms in total. The zero-order chi connectivity index (χ0) is 29.3. The van der Waals surface area contributed by atoms with Crippen molar-refractivity contribution in [1.29, 1.82) is 0 Å². The molecule has 0 fully saturated rings. The molecule has 44 heavy (non-hydrogen) atoms. The molecule has 0 radical (unpaired) electrons. The van der Waals surface area contributed by atoms with E-state index >= 15 is 0 Å². The first-order valence-corrected chi connectivity index (χ1v) is 15.0. The molecule has 0 amide bonds. The first-order valence-electron chi connectivity index (χ1n) is 15.0. The van der Waals surface area contributed by atoms with Crippen molar-refractivity contribution in [1.82, 2.24) is 4.98 Å². The fourth-order valence-corrected chi connectivity index (χ4v) is 6.25. The van der Waals surface area contributed by atoms with E-state index in [-0.39, 0.29) is 0 Å². The van der Waals surface area contributed by atoms with E-state index in [1.54, 1.807) is 0 Å². The summed E-state index contributed by atoms with van der Waals surface area (Å²) in [6.45, 7) is 0. The lowest BCUT2D eigenvalue weighted by Crippen LogP contribution is -2.09. The molecule has 0 aliphatic carbocycles. The Morgan fingerprint density at radius 1 is 0.318 bits per heavy atom. The van der Waals surface area contributed by atoms with Crippen LogP contribution in [0.3, 0.4) is 0 Å². The lowest BCUT2D eigenvalue weighted by molar-refractivity contribution is 1.28. The lowest BCUT2D eigenvalue weighted by Gasteiger charge is -2.26. The number of nitrogens with zero attached hydrogens (tertiary/aromatic N) is 1. The van der Waals surface area contributed by atoms with Gasteiger partial charge in [0.1, 0.15) is 0 Å². The Balaban J connectivity index is 1.15. The molecule has 8 rings (SSSR count). The number of hydrogen-bond donors (Lipinski definition) is 1. The highest BCUT2D eigenvalue weighted by molar-refractivity contribution is 6.08. The van der Waals surface area contributed by atoms with E-state index in [9.17, 15) is 0 Å². The van der Waals surface area contributed by atoms with Crippen LogP contribution in [0.4, 0.5) is 17.1 Å². The normalized spacial score (nSPS) is 11.2. The Morgan fingerprint density at radius 3 is 1.48 bits per heavy atom. The van der Waals surface area contributed by atoms with E-state index in [1.807, 2.05) is 0 Å². The van der Waals surface area contributed by atoms with Crippen LogP contribution in [-0.4, -0.2) is 4.98 Å². The molecule has 1 aromatic heterocycles. The van der Waals surface area contributed by atoms with Crippen LogP contribution in [-0.2, 0) is 0 Å². The summed E-state index contributed by atoms with van der Waals surface area (Å²) in [6, 6.07) is 62.8. The van der Waals surface area contributed by atoms with Crippen LogP contribution in [0.15, 0.2) is 176 Å². The van der Waals surface area contributed by atoms with Gasteiger partial charge in [-0.3, -0.25) is 0 Å². The number of hydrogen-bond acceptors (Lipinski definition) is 1. The number of H-pyrrole nitrogens is 1. The second kappa shape index (κ2) is 11.1. The maximum Gasteiger partial charge on any atom is 0.0465 e. The topological polar surface area (TPSA) is 19.0 Å². The molecular formula is C42H30N2. The van der Waals surface area contributed by atoms with Crippen molar-refractivity contribution in [2.24, 2.45) is 0 Å². The molecular weight excluding hydrogens is 532 g/mol. The quantitative estimate of drug-likeness (QED) is 0.214. The molecule has 8 aromatic rings. The Bertz CT molecular complexity index is 2190. The highest BCUT2D eigenvalue weighted by Gasteiger charge is 2.14. The molecule has 1 N–H and O–H groups in total. The summed E-state index contributed by atoms with van der Waals surface area (Å²) < 4.78 is 0. The summed E-state index contributed by atoms with van der Waals surface area (Å²) in [7, 11) is 0. The molecule has 7 aromatic carbocycles. The van der Waals surface area contributed by atoms with Crippen molar-refractivity contribution >= 4 is 38.9 Å². The number of aromatic nitrogens is 1. The van der Waals surface area contributed by atoms with Crippen molar-refractivity contribution < 1.29 is 0 Å². The van der Waals surface area contributed by atoms with Crippen LogP contribution in [0.25, 0.3) is 55.2 Å². The molecule has 2 heteroatoms. The van der Waals surface area contributed by atoms with Gasteiger partial charge in [0, 0.05) is 38.9 Å². The Hall–Kier alpha value is -5.86. The van der Waals surface area contributed by atoms with Gasteiger partial charge in [-0.2, -0.15) is 0 Å². The standard InChI is InChI=1S/C42H30N2/c1-3-11-31(12-4-1)37-15-7-8-16-38(37)32-21-26-36(27-22-32)44(34-13-5-2-6-14-34)35-24-19-30(20-25-35)33-23-28-42-40(29-33)39-17-9-10-18-41(39)43-42/h1-29,43H. The summed E-state index contributed by atoms with van der Waals surface area (Å²) in [6.07, 6.45) is 0. The summed E-state index contributed by atoms with van der Waals surface area (Å²) in [5, 5.41) is 2.51. The molecule has 0 spiro atoms. The van der Waals surface area contributed by atoms with Crippen molar-refractivity contribution in [2.45, 2.75) is 0 Å². The molecule has 1 heterocycles. The Labute approximate surface area is 257 Å². The average Bonchev–Trinajstić information content (AvgIpc) is 3.48. The van der Waals surface area contributed by atoms with E-state index in [1.165, 1.54) is 49.7 Å². The minimum Gasteiger partial charge on any atom is -0.355 e. The Morgan fingerprint density at radius 2 is 0.795 bits per heavy atom. The zero-order valence-electron chi connectivity index (χ0n) is 24.2. The Kier molecular flexibility index (Phi) is 6.51. The number of fused-ring (bicyclic) bond motifs is 3. The molecule has 208 valence electrons. The van der Waals surface area contributed by atoms with Crippen molar-refractivity contribution in [3.8, 4) is 33.4 Å². The molecule has 0 saturated heterocycles. The first kappa shape index (κ1) is 25.8. The number of aromatic amines is 1. The molecule has 0 saturated carbocycles. The lowest BCUT2D eigenvalue weighted by atomic mass is 9.94. The number of nitrogens with one attached hydrogen (secondary N) is 1. The van der Waals surface area contributed by atoms with E-state index in [0.29, 0.717) is 0 Å². The van der Waals surface area contributed by atoms with Crippen LogP contribution in [0.5, 0.6) is 0 Å². The van der Waals surface area contributed by atoms with Gasteiger partial charge in [-0.05, 0) is 88.0 Å². The van der Waals surface area contributed by atoms with Crippen molar-refractivity contribution in [3.05, 3.63) is 176 Å². The van der Waals surface area contributed by atoms with Crippen molar-refractivity contribution in [3.63, 3.8) is 0 Å². The molecule has 0 aliphatic heterocycles. The van der Waals surface area contributed by atoms with Gasteiger partial charge in [0.25, 0.3) is 0 Å². The van der Waals surface area contributed by atoms with Gasteiger partial charge >= 0.3 is 0 Å². The minimum atomic E-state index is 1.12. The maximum atomic E-state index is 3.54. The van der Waals surface area contributed by atoms with Gasteiger partial charge in [-0.15, -0.1) is 0 Å². The zero-order valence-corrected chi connectivity index (χ0v) is 24.2. The first-order chi connectivity index (χ1) is 21.8. The van der Waals surface area contributed by atoms with Crippen LogP contribution >= 0.6 is 0 Å². The highest BCUT2D eigenvalue weighted by atomic mass is 15.1. The molecule has 0 unspecified atom stereocenters. The predicted octanol–water partition coefficient (Wildman–Crippen LogP) is 11.8. The third kappa shape index (κ3) is 4.73. The van der Waals surface area contributed by atoms with Crippen molar-refractivity contribution in [2.75, 3.05) is 4.90 Å². The second-order valence-electron chi connectivity index (χ2n) is 11.1. The van der Waals surface area contributed by atoms with Gasteiger partial charge < -0.3 is 9.88 Å². The van der Waals surface area contributed by atoms with Gasteiger partial charge in [0.15, 0.2) is 0 Å². The van der Waals surface area contributed by atoms with Gasteiger partial charge in [0.05, 0.1) is 0 Å². The van der Waals surface area contributed by atoms with E-state index in [2.05, 4.69) is 186 Å². The number of para-hydroxylation sites is 2. The summed E-state index contributed by atoms with van der Waals surface area (Å²) in [5.74, 6) is 0. The second-order valence-corrected chi connectivity index (χ2v) is 11.1. The van der Waals surface area contributed by atoms with Crippen LogP contribution in [0, 0.1) is 0 Å². The third-order valence-corrected chi connectivity index (χ3v) is 8.43. The highest BCUT2D eigenvalue weighted by Crippen LogP contribution is 2.38. The smallest absolute Gasteiger partial charge is 0.0465 e. The third-order valence-electron chi connectivity index (χ3n) is 8.43. The summed E-state index contributed by atoms with van der Waals surface area (Å²) in [5.41, 5.74) is 13.0. The number of benzene rings is 7. The monoisotopic (exact) mass is 562 g/mol. The van der Waals surface area contributed by atoms with E-state index in [4.69, 9.17) is 0 Å². The van der Waals surface area contributed by atoms with Crippen LogP contribution in [0.2, 0.25) is 0 Å². The predicted molar refractivity (Wildman–Crippen MR) is 187 cm³/mol. The van der Waals surface area contributed by atoms with Crippen LogP contribution < -0.4 is 4.90 Å². The molecule has 0 bridgehead atoms. The van der Waals surface area contributed by atoms with Gasteiger partial charge in [-0.1, -0.05) is 121 Å². The van der Waals surface area contributed by atoms with Crippen LogP contribution in [0.1, 0.15) is 0 Å². The fraction of sp³-hybridized carbons (Fsp3) is 0. The van der Waals surface area contributed by atoms with Gasteiger partial charge in [-0.25, -0.2) is 0 Å². The fourth-order valence-electron chi connectivity index (χ4n) is 6.25. The summed E-state index contributed by atoms with van der Waals surface area (Å²) in [4.78, 5) is 5.85. The number of rotatable bonds is 6. The summed E-state index contributed by atoms with van der Waals surface area (Å²) >= 11 is 0.